The summed E-state index contributed by atoms with van der Waals surface area (Å²) in [6.07, 6.45) is 6.16. The Bertz CT molecular complexity index is 1390. The maximum Gasteiger partial charge on any atom is 0.269 e. The van der Waals surface area contributed by atoms with Crippen LogP contribution in [0.15, 0.2) is 59.4 Å². The fourth-order valence-corrected chi connectivity index (χ4v) is 5.58. The van der Waals surface area contributed by atoms with Gasteiger partial charge in [0.25, 0.3) is 11.5 Å². The third-order valence-electron chi connectivity index (χ3n) is 6.17. The molecule has 0 spiro atoms. The Kier molecular flexibility index (Phi) is 6.81. The van der Waals surface area contributed by atoms with Crippen molar-refractivity contribution < 1.29 is 9.53 Å². The van der Waals surface area contributed by atoms with Gasteiger partial charge in [0, 0.05) is 10.4 Å². The summed E-state index contributed by atoms with van der Waals surface area (Å²) in [6.45, 7) is 2.77. The van der Waals surface area contributed by atoms with E-state index in [-0.39, 0.29) is 17.4 Å². The van der Waals surface area contributed by atoms with E-state index in [0.29, 0.717) is 28.1 Å². The molecule has 7 nitrogen and oxygen atoms in total. The number of carbonyl (C=O) groups excluding carboxylic acids is 1. The van der Waals surface area contributed by atoms with Gasteiger partial charge in [0.15, 0.2) is 0 Å². The number of thiophene rings is 1. The number of unbranched alkanes of at least 4 members (excludes halogenated alkanes) is 1. The van der Waals surface area contributed by atoms with Gasteiger partial charge in [-0.15, -0.1) is 11.3 Å². The number of hydrazine groups is 1. The zero-order valence-electron chi connectivity index (χ0n) is 19.7. The van der Waals surface area contributed by atoms with E-state index in [2.05, 4.69) is 17.8 Å². The minimum atomic E-state index is -0.329. The van der Waals surface area contributed by atoms with E-state index in [9.17, 15) is 9.59 Å². The fraction of sp³-hybridized carbons (Fsp3) is 0.296. The highest BCUT2D eigenvalue weighted by atomic mass is 32.1. The summed E-state index contributed by atoms with van der Waals surface area (Å²) in [4.78, 5) is 33.3. The number of amides is 1. The van der Waals surface area contributed by atoms with Crippen LogP contribution >= 0.6 is 11.3 Å². The van der Waals surface area contributed by atoms with Gasteiger partial charge in [-0.05, 0) is 74.1 Å². The molecule has 1 amide bonds. The Morgan fingerprint density at radius 3 is 2.63 bits per heavy atom. The standard InChI is InChI=1S/C27H28N4O3S/c1-2-3-17-34-20-15-13-18(14-16-20)24(32)29-30-27-28-25-23(21-11-7-8-12-22(21)35-25)26(33)31(27)19-9-5-4-6-10-19/h4-6,9-10,13-16H,2-3,7-8,11-12,17H2,1H3,(H,28,30)(H,29,32). The molecule has 1 aliphatic rings. The first kappa shape index (κ1) is 23.1. The van der Waals surface area contributed by atoms with Gasteiger partial charge in [0.1, 0.15) is 10.6 Å². The Hall–Kier alpha value is -3.65. The molecule has 0 saturated heterocycles. The van der Waals surface area contributed by atoms with Crippen molar-refractivity contribution in [1.29, 1.82) is 0 Å². The normalized spacial score (nSPS) is 12.8. The summed E-state index contributed by atoms with van der Waals surface area (Å²) < 4.78 is 7.21. The van der Waals surface area contributed by atoms with Gasteiger partial charge in [0.05, 0.1) is 17.7 Å². The average molecular weight is 489 g/mol. The van der Waals surface area contributed by atoms with Crippen molar-refractivity contribution in [3.63, 3.8) is 0 Å². The molecule has 8 heteroatoms. The molecule has 2 heterocycles. The topological polar surface area (TPSA) is 85.2 Å². The number of aromatic nitrogens is 2. The minimum absolute atomic E-state index is 0.120. The minimum Gasteiger partial charge on any atom is -0.494 e. The Balaban J connectivity index is 1.43. The van der Waals surface area contributed by atoms with Gasteiger partial charge >= 0.3 is 0 Å². The molecule has 2 aromatic heterocycles. The molecule has 5 rings (SSSR count). The predicted molar refractivity (Wildman–Crippen MR) is 140 cm³/mol. The van der Waals surface area contributed by atoms with E-state index in [1.807, 2.05) is 30.3 Å². The summed E-state index contributed by atoms with van der Waals surface area (Å²) in [7, 11) is 0. The highest BCUT2D eigenvalue weighted by Gasteiger charge is 2.23. The monoisotopic (exact) mass is 488 g/mol. The molecule has 35 heavy (non-hydrogen) atoms. The number of carbonyl (C=O) groups is 1. The lowest BCUT2D eigenvalue weighted by Gasteiger charge is -2.15. The lowest BCUT2D eigenvalue weighted by atomic mass is 9.97. The van der Waals surface area contributed by atoms with Gasteiger partial charge < -0.3 is 4.74 Å². The Labute approximate surface area is 207 Å². The molecular formula is C27H28N4O3S. The molecule has 180 valence electrons. The number of hydrogen-bond acceptors (Lipinski definition) is 6. The van der Waals surface area contributed by atoms with Gasteiger partial charge in [-0.2, -0.15) is 0 Å². The average Bonchev–Trinajstić information content (AvgIpc) is 3.27. The third-order valence-corrected chi connectivity index (χ3v) is 7.36. The largest absolute Gasteiger partial charge is 0.494 e. The second kappa shape index (κ2) is 10.3. The molecule has 0 aliphatic heterocycles. The maximum absolute atomic E-state index is 13.7. The van der Waals surface area contributed by atoms with Gasteiger partial charge in [-0.1, -0.05) is 31.5 Å². The van der Waals surface area contributed by atoms with Crippen molar-refractivity contribution in [2.45, 2.75) is 45.4 Å². The number of fused-ring (bicyclic) bond motifs is 3. The lowest BCUT2D eigenvalue weighted by Crippen LogP contribution is -2.34. The molecule has 4 aromatic rings. The summed E-state index contributed by atoms with van der Waals surface area (Å²) in [5.74, 6) is 0.680. The third kappa shape index (κ3) is 4.79. The van der Waals surface area contributed by atoms with Crippen LogP contribution in [0.4, 0.5) is 5.95 Å². The van der Waals surface area contributed by atoms with E-state index < -0.39 is 0 Å². The first-order valence-corrected chi connectivity index (χ1v) is 12.9. The highest BCUT2D eigenvalue weighted by molar-refractivity contribution is 7.18. The van der Waals surface area contributed by atoms with Crippen LogP contribution in [0.5, 0.6) is 5.75 Å². The summed E-state index contributed by atoms with van der Waals surface area (Å²) in [6, 6.07) is 16.4. The van der Waals surface area contributed by atoms with Crippen LogP contribution in [-0.4, -0.2) is 22.1 Å². The van der Waals surface area contributed by atoms with Crippen molar-refractivity contribution in [3.8, 4) is 11.4 Å². The van der Waals surface area contributed by atoms with Crippen LogP contribution in [0.2, 0.25) is 0 Å². The van der Waals surface area contributed by atoms with Crippen molar-refractivity contribution >= 4 is 33.4 Å². The van der Waals surface area contributed by atoms with Crippen LogP contribution in [-0.2, 0) is 12.8 Å². The summed E-state index contributed by atoms with van der Waals surface area (Å²) in [5, 5.41) is 0.698. The predicted octanol–water partition coefficient (Wildman–Crippen LogP) is 5.26. The second-order valence-corrected chi connectivity index (χ2v) is 9.69. The Morgan fingerprint density at radius 1 is 1.09 bits per heavy atom. The summed E-state index contributed by atoms with van der Waals surface area (Å²) in [5.41, 5.74) is 7.79. The second-order valence-electron chi connectivity index (χ2n) is 8.61. The number of para-hydroxylation sites is 1. The highest BCUT2D eigenvalue weighted by Crippen LogP contribution is 2.34. The van der Waals surface area contributed by atoms with Crippen LogP contribution in [0, 0.1) is 0 Å². The number of hydrogen-bond donors (Lipinski definition) is 2. The molecule has 2 aromatic carbocycles. The zero-order chi connectivity index (χ0) is 24.2. The first-order chi connectivity index (χ1) is 17.2. The molecule has 0 unspecified atom stereocenters. The Morgan fingerprint density at radius 2 is 1.86 bits per heavy atom. The maximum atomic E-state index is 13.7. The number of anilines is 1. The lowest BCUT2D eigenvalue weighted by molar-refractivity contribution is 0.0962. The molecule has 1 aliphatic carbocycles. The fourth-order valence-electron chi connectivity index (χ4n) is 4.33. The number of ether oxygens (including phenoxy) is 1. The summed E-state index contributed by atoms with van der Waals surface area (Å²) >= 11 is 1.58. The van der Waals surface area contributed by atoms with Crippen molar-refractivity contribution in [1.82, 2.24) is 15.0 Å². The molecule has 0 bridgehead atoms. The van der Waals surface area contributed by atoms with E-state index >= 15 is 0 Å². The number of benzene rings is 2. The molecule has 0 radical (unpaired) electrons. The van der Waals surface area contributed by atoms with Crippen molar-refractivity contribution in [3.05, 3.63) is 81.0 Å². The van der Waals surface area contributed by atoms with Crippen LogP contribution in [0.1, 0.15) is 53.4 Å². The molecule has 0 atom stereocenters. The number of rotatable bonds is 8. The van der Waals surface area contributed by atoms with Crippen molar-refractivity contribution in [2.75, 3.05) is 12.0 Å². The van der Waals surface area contributed by atoms with Gasteiger partial charge in [-0.25, -0.2) is 9.55 Å². The molecular weight excluding hydrogens is 460 g/mol. The number of aryl methyl sites for hydroxylation is 2. The van der Waals surface area contributed by atoms with E-state index in [1.165, 1.54) is 9.44 Å². The SMILES string of the molecule is CCCCOc1ccc(C(=O)NNc2nc3sc4c(c3c(=O)n2-c2ccccc2)CCCC4)cc1. The van der Waals surface area contributed by atoms with Gasteiger partial charge in [0.2, 0.25) is 5.95 Å². The quantitative estimate of drug-likeness (QED) is 0.261. The van der Waals surface area contributed by atoms with Crippen molar-refractivity contribution in [2.24, 2.45) is 0 Å². The van der Waals surface area contributed by atoms with Crippen LogP contribution in [0.25, 0.3) is 15.9 Å². The smallest absolute Gasteiger partial charge is 0.269 e. The van der Waals surface area contributed by atoms with Crippen LogP contribution < -0.4 is 21.1 Å². The number of nitrogens with one attached hydrogen (secondary N) is 2. The first-order valence-electron chi connectivity index (χ1n) is 12.1. The van der Waals surface area contributed by atoms with Crippen LogP contribution in [0.3, 0.4) is 0 Å². The zero-order valence-corrected chi connectivity index (χ0v) is 20.5. The van der Waals surface area contributed by atoms with Gasteiger partial charge in [-0.3, -0.25) is 20.4 Å². The van der Waals surface area contributed by atoms with E-state index in [1.54, 1.807) is 35.6 Å². The molecule has 0 fully saturated rings. The number of nitrogens with zero attached hydrogens (tertiary/aromatic N) is 2. The van der Waals surface area contributed by atoms with E-state index in [4.69, 9.17) is 9.72 Å². The molecule has 0 saturated carbocycles. The van der Waals surface area contributed by atoms with E-state index in [0.717, 1.165) is 49.8 Å². The molecule has 2 N–H and O–H groups in total.